The van der Waals surface area contributed by atoms with Crippen molar-refractivity contribution in [1.29, 1.82) is 0 Å². The monoisotopic (exact) mass is 566 g/mol. The summed E-state index contributed by atoms with van der Waals surface area (Å²) in [7, 11) is 0. The normalized spacial score (nSPS) is 37.8. The van der Waals surface area contributed by atoms with Crippen molar-refractivity contribution in [3.8, 4) is 5.75 Å². The maximum absolute atomic E-state index is 15.5. The van der Waals surface area contributed by atoms with E-state index in [4.69, 9.17) is 23.7 Å². The van der Waals surface area contributed by atoms with Gasteiger partial charge in [-0.05, 0) is 112 Å². The average Bonchev–Trinajstić information content (AvgIpc) is 3.26. The van der Waals surface area contributed by atoms with Crippen LogP contribution in [0.15, 0.2) is 18.2 Å². The number of hydrogen-bond donors (Lipinski definition) is 0. The summed E-state index contributed by atoms with van der Waals surface area (Å²) in [6.07, 6.45) is 1.60. The lowest BCUT2D eigenvalue weighted by molar-refractivity contribution is -0.289. The van der Waals surface area contributed by atoms with Crippen LogP contribution in [0, 0.1) is 23.2 Å². The van der Waals surface area contributed by atoms with Crippen molar-refractivity contribution in [3.63, 3.8) is 0 Å². The third-order valence-corrected chi connectivity index (χ3v) is 10.3. The van der Waals surface area contributed by atoms with Crippen molar-refractivity contribution in [1.82, 2.24) is 0 Å². The number of alkyl halides is 3. The molecule has 2 heterocycles. The molecule has 2 aliphatic heterocycles. The Kier molecular flexibility index (Phi) is 8.20. The Morgan fingerprint density at radius 2 is 1.77 bits per heavy atom. The molecular weight excluding hydrogens is 525 g/mol. The van der Waals surface area contributed by atoms with Gasteiger partial charge in [0.2, 0.25) is 0 Å². The summed E-state index contributed by atoms with van der Waals surface area (Å²) in [5, 5.41) is 0. The molecule has 4 fully saturated rings. The highest BCUT2D eigenvalue weighted by Crippen LogP contribution is 2.69. The van der Waals surface area contributed by atoms with Crippen LogP contribution in [-0.2, 0) is 30.2 Å². The Labute approximate surface area is 234 Å². The zero-order valence-electron chi connectivity index (χ0n) is 23.3. The van der Waals surface area contributed by atoms with Crippen LogP contribution in [0.4, 0.5) is 13.2 Å². The van der Waals surface area contributed by atoms with E-state index < -0.39 is 42.1 Å². The van der Waals surface area contributed by atoms with E-state index >= 15 is 13.2 Å². The Morgan fingerprint density at radius 1 is 1.02 bits per heavy atom. The molecular formula is C31H41F3O6. The second-order valence-corrected chi connectivity index (χ2v) is 12.4. The number of hydrogen-bond acceptors (Lipinski definition) is 6. The quantitative estimate of drug-likeness (QED) is 0.282. The molecule has 6 nitrogen and oxygen atoms in total. The lowest BCUT2D eigenvalue weighted by atomic mass is 9.53. The lowest BCUT2D eigenvalue weighted by Crippen LogP contribution is -2.54. The topological polar surface area (TPSA) is 63.2 Å². The molecule has 9 heteroatoms. The van der Waals surface area contributed by atoms with Crippen LogP contribution in [0.2, 0.25) is 0 Å². The number of esters is 1. The first-order valence-electron chi connectivity index (χ1n) is 15.1. The molecule has 1 aromatic rings. The summed E-state index contributed by atoms with van der Waals surface area (Å²) in [5.41, 5.74) is 0.318. The molecule has 40 heavy (non-hydrogen) atoms. The highest BCUT2D eigenvalue weighted by Gasteiger charge is 2.72. The standard InChI is InChI=1S/C31H41F3O6/c1-19(35)39-21-9-11-22-20(16-21)8-10-24-23(22)12-13-30(31(32,33)34)25(24)17-27(40-29-7-3-5-15-37-29)26(30)18-38-28-6-2-4-14-36-28/h9,11,16,23-29H,2-8,10,12-15,17-18H2,1H3/t23-,24-,25+,26-,27-,28?,29?,30-/m1/s1. The number of aryl methyl sites for hydroxylation is 1. The first kappa shape index (κ1) is 28.4. The van der Waals surface area contributed by atoms with E-state index in [0.29, 0.717) is 57.5 Å². The number of ether oxygens (including phenoxy) is 5. The maximum Gasteiger partial charge on any atom is 0.395 e. The Balaban J connectivity index is 1.30. The van der Waals surface area contributed by atoms with Gasteiger partial charge >= 0.3 is 12.1 Å². The van der Waals surface area contributed by atoms with Gasteiger partial charge in [0.05, 0.1) is 18.1 Å². The fraction of sp³-hybridized carbons (Fsp3) is 0.774. The van der Waals surface area contributed by atoms with Gasteiger partial charge < -0.3 is 23.7 Å². The Morgan fingerprint density at radius 3 is 2.45 bits per heavy atom. The zero-order valence-corrected chi connectivity index (χ0v) is 23.3. The largest absolute Gasteiger partial charge is 0.427 e. The fourth-order valence-corrected chi connectivity index (χ4v) is 8.58. The summed E-state index contributed by atoms with van der Waals surface area (Å²) < 4.78 is 75.8. The van der Waals surface area contributed by atoms with Gasteiger partial charge in [0.25, 0.3) is 0 Å². The summed E-state index contributed by atoms with van der Waals surface area (Å²) in [6.45, 7) is 2.52. The summed E-state index contributed by atoms with van der Waals surface area (Å²) in [6, 6.07) is 5.63. The summed E-state index contributed by atoms with van der Waals surface area (Å²) >= 11 is 0. The van der Waals surface area contributed by atoms with Crippen LogP contribution in [0.1, 0.15) is 88.2 Å². The average molecular weight is 567 g/mol. The number of halogens is 3. The highest BCUT2D eigenvalue weighted by atomic mass is 19.4. The van der Waals surface area contributed by atoms with E-state index in [1.54, 1.807) is 6.07 Å². The molecule has 5 aliphatic rings. The number of rotatable bonds is 6. The van der Waals surface area contributed by atoms with Crippen molar-refractivity contribution in [3.05, 3.63) is 29.3 Å². The molecule has 3 aliphatic carbocycles. The van der Waals surface area contributed by atoms with Crippen molar-refractivity contribution in [2.45, 2.75) is 108 Å². The molecule has 0 bridgehead atoms. The predicted molar refractivity (Wildman–Crippen MR) is 140 cm³/mol. The van der Waals surface area contributed by atoms with Gasteiger partial charge in [0, 0.05) is 26.1 Å². The molecule has 6 rings (SSSR count). The summed E-state index contributed by atoms with van der Waals surface area (Å²) in [4.78, 5) is 11.5. The second kappa shape index (κ2) is 11.5. The molecule has 0 radical (unpaired) electrons. The summed E-state index contributed by atoms with van der Waals surface area (Å²) in [5.74, 6) is -1.30. The third-order valence-electron chi connectivity index (χ3n) is 10.3. The Bertz CT molecular complexity index is 1050. The van der Waals surface area contributed by atoms with Gasteiger partial charge in [0.15, 0.2) is 12.6 Å². The first-order valence-corrected chi connectivity index (χ1v) is 15.1. The number of carbonyl (C=O) groups is 1. The minimum absolute atomic E-state index is 0.0161. The second-order valence-electron chi connectivity index (χ2n) is 12.4. The Hall–Kier alpha value is -1.68. The molecule has 2 saturated carbocycles. The van der Waals surface area contributed by atoms with Gasteiger partial charge in [-0.1, -0.05) is 6.07 Å². The highest BCUT2D eigenvalue weighted by molar-refractivity contribution is 5.69. The smallest absolute Gasteiger partial charge is 0.395 e. The van der Waals surface area contributed by atoms with E-state index in [1.807, 2.05) is 12.1 Å². The van der Waals surface area contributed by atoms with Gasteiger partial charge in [-0.2, -0.15) is 13.2 Å². The SMILES string of the molecule is CC(=O)Oc1ccc2c(c1)CC[C@@H]1[C@@H]2CC[C@]2(C(F)(F)F)[C@H](COC3CCCCO3)[C@H](OC3CCCCO3)C[C@@H]12. The van der Waals surface area contributed by atoms with Gasteiger partial charge in [-0.15, -0.1) is 0 Å². The first-order chi connectivity index (χ1) is 19.3. The molecule has 0 amide bonds. The van der Waals surface area contributed by atoms with Crippen LogP contribution < -0.4 is 4.74 Å². The van der Waals surface area contributed by atoms with Crippen LogP contribution >= 0.6 is 0 Å². The van der Waals surface area contributed by atoms with E-state index in [2.05, 4.69) is 0 Å². The van der Waals surface area contributed by atoms with Gasteiger partial charge in [-0.25, -0.2) is 0 Å². The van der Waals surface area contributed by atoms with Crippen LogP contribution in [0.5, 0.6) is 5.75 Å². The molecule has 8 atom stereocenters. The van der Waals surface area contributed by atoms with E-state index in [0.717, 1.165) is 36.8 Å². The third kappa shape index (κ3) is 5.32. The van der Waals surface area contributed by atoms with Gasteiger partial charge in [0.1, 0.15) is 5.75 Å². The molecule has 0 N–H and O–H groups in total. The zero-order chi connectivity index (χ0) is 27.9. The minimum atomic E-state index is -4.38. The van der Waals surface area contributed by atoms with Crippen LogP contribution in [0.3, 0.4) is 0 Å². The molecule has 222 valence electrons. The molecule has 1 aromatic carbocycles. The number of carbonyl (C=O) groups excluding carboxylic acids is 1. The number of benzene rings is 1. The predicted octanol–water partition coefficient (Wildman–Crippen LogP) is 6.69. The molecule has 2 saturated heterocycles. The van der Waals surface area contributed by atoms with Crippen molar-refractivity contribution < 1.29 is 41.7 Å². The molecule has 0 aromatic heterocycles. The van der Waals surface area contributed by atoms with Crippen LogP contribution in [-0.4, -0.2) is 50.7 Å². The van der Waals surface area contributed by atoms with E-state index in [9.17, 15) is 4.79 Å². The van der Waals surface area contributed by atoms with E-state index in [1.165, 1.54) is 6.92 Å². The molecule has 0 spiro atoms. The van der Waals surface area contributed by atoms with Crippen LogP contribution in [0.25, 0.3) is 0 Å². The fourth-order valence-electron chi connectivity index (χ4n) is 8.58. The number of fused-ring (bicyclic) bond motifs is 5. The van der Waals surface area contributed by atoms with Gasteiger partial charge in [-0.3, -0.25) is 4.79 Å². The minimum Gasteiger partial charge on any atom is -0.427 e. The van der Waals surface area contributed by atoms with E-state index in [-0.39, 0.29) is 30.8 Å². The molecule has 2 unspecified atom stereocenters. The maximum atomic E-state index is 15.5. The van der Waals surface area contributed by atoms with Crippen molar-refractivity contribution in [2.24, 2.45) is 23.2 Å². The lowest BCUT2D eigenvalue weighted by Gasteiger charge is -2.52. The van der Waals surface area contributed by atoms with Crippen molar-refractivity contribution in [2.75, 3.05) is 19.8 Å². The van der Waals surface area contributed by atoms with Crippen molar-refractivity contribution >= 4 is 5.97 Å².